The van der Waals surface area contributed by atoms with Crippen LogP contribution in [0.25, 0.3) is 0 Å². The van der Waals surface area contributed by atoms with Gasteiger partial charge in [-0.1, -0.05) is 12.1 Å². The van der Waals surface area contributed by atoms with Gasteiger partial charge in [0.1, 0.15) is 0 Å². The molecule has 6 nitrogen and oxygen atoms in total. The summed E-state index contributed by atoms with van der Waals surface area (Å²) in [6, 6.07) is 7.24. The zero-order valence-electron chi connectivity index (χ0n) is 18.6. The molecule has 4 saturated carbocycles. The zero-order chi connectivity index (χ0) is 22.6. The minimum Gasteiger partial charge on any atom is -0.350 e. The van der Waals surface area contributed by atoms with E-state index in [0.29, 0.717) is 12.0 Å². The molecule has 1 aromatic carbocycles. The molecule has 2 amide bonds. The van der Waals surface area contributed by atoms with Gasteiger partial charge in [-0.3, -0.25) is 9.59 Å². The lowest BCUT2D eigenvalue weighted by Crippen LogP contribution is -2.60. The molecule has 1 aromatic rings. The molecule has 0 unspecified atom stereocenters. The summed E-state index contributed by atoms with van der Waals surface area (Å²) >= 11 is 1.38. The van der Waals surface area contributed by atoms with E-state index in [2.05, 4.69) is 10.6 Å². The first-order chi connectivity index (χ1) is 15.1. The van der Waals surface area contributed by atoms with E-state index in [0.717, 1.165) is 41.9 Å². The molecule has 0 aromatic heterocycles. The van der Waals surface area contributed by atoms with Crippen molar-refractivity contribution >= 4 is 33.4 Å². The van der Waals surface area contributed by atoms with E-state index in [-0.39, 0.29) is 34.6 Å². The lowest BCUT2D eigenvalue weighted by Gasteiger charge is -2.56. The quantitative estimate of drug-likeness (QED) is 0.616. The second-order valence-electron chi connectivity index (χ2n) is 10.9. The van der Waals surface area contributed by atoms with E-state index in [1.54, 1.807) is 19.1 Å². The Bertz CT molecular complexity index is 1000. The van der Waals surface area contributed by atoms with Crippen molar-refractivity contribution in [1.82, 2.24) is 10.6 Å². The fraction of sp³-hybridized carbons (Fsp3) is 0.667. The third-order valence-electron chi connectivity index (χ3n) is 7.85. The molecule has 0 spiro atoms. The third-order valence-corrected chi connectivity index (χ3v) is 10.8. The number of benzene rings is 1. The molecule has 1 heterocycles. The minimum atomic E-state index is -3.11. The zero-order valence-corrected chi connectivity index (χ0v) is 20.2. The van der Waals surface area contributed by atoms with Crippen molar-refractivity contribution in [2.24, 2.45) is 17.8 Å². The molecular weight excluding hydrogens is 444 g/mol. The maximum absolute atomic E-state index is 13.0. The molecule has 6 rings (SSSR count). The van der Waals surface area contributed by atoms with E-state index in [4.69, 9.17) is 0 Å². The topological polar surface area (TPSA) is 92.3 Å². The summed E-state index contributed by atoms with van der Waals surface area (Å²) in [4.78, 5) is 26.6. The number of hydrogen-bond donors (Lipinski definition) is 2. The number of rotatable bonds is 6. The third kappa shape index (κ3) is 4.58. The summed E-state index contributed by atoms with van der Waals surface area (Å²) in [7, 11) is -3.11. The number of hydrogen-bond acceptors (Lipinski definition) is 5. The first-order valence-electron chi connectivity index (χ1n) is 11.7. The number of carbonyl (C=O) groups excluding carboxylic acids is 2. The molecule has 5 fully saturated rings. The molecule has 32 heavy (non-hydrogen) atoms. The Hall–Kier alpha value is -1.54. The van der Waals surface area contributed by atoms with E-state index < -0.39 is 15.4 Å². The Morgan fingerprint density at radius 3 is 2.25 bits per heavy atom. The van der Waals surface area contributed by atoms with Crippen LogP contribution in [-0.2, 0) is 14.6 Å². The highest BCUT2D eigenvalue weighted by atomic mass is 32.2. The summed E-state index contributed by atoms with van der Waals surface area (Å²) in [5.41, 5.74) is -0.263. The van der Waals surface area contributed by atoms with Gasteiger partial charge in [0.2, 0.25) is 5.91 Å². The first kappa shape index (κ1) is 22.3. The molecule has 4 aliphatic carbocycles. The van der Waals surface area contributed by atoms with Gasteiger partial charge in [-0.2, -0.15) is 0 Å². The monoisotopic (exact) mass is 476 g/mol. The molecule has 4 bridgehead atoms. The fourth-order valence-electron chi connectivity index (χ4n) is 6.97. The Labute approximate surface area is 194 Å². The second-order valence-corrected chi connectivity index (χ2v) is 14.1. The van der Waals surface area contributed by atoms with Crippen molar-refractivity contribution < 1.29 is 18.0 Å². The summed E-state index contributed by atoms with van der Waals surface area (Å²) < 4.78 is 23.7. The van der Waals surface area contributed by atoms with Crippen LogP contribution in [0.1, 0.15) is 62.2 Å². The van der Waals surface area contributed by atoms with E-state index >= 15 is 0 Å². The Balaban J connectivity index is 1.21. The van der Waals surface area contributed by atoms with Crippen LogP contribution in [-0.4, -0.2) is 48.6 Å². The number of sulfone groups is 1. The standard InChI is InChI=1S/C24H32N2O4S2/c1-23(6-7-32(29,30)15-23)26-22(28)19-4-2-3-5-20(19)31-14-21(27)25-24-11-16-8-17(12-24)10-18(9-16)13-24/h2-5,16-18H,6-15H2,1H3,(H,25,27)(H,26,28)/t16?,17?,18?,23-,24?/m1/s1. The first-order valence-corrected chi connectivity index (χ1v) is 14.5. The molecular formula is C24H32N2O4S2. The summed E-state index contributed by atoms with van der Waals surface area (Å²) in [5.74, 6) is 2.44. The maximum atomic E-state index is 13.0. The van der Waals surface area contributed by atoms with Crippen LogP contribution >= 0.6 is 11.8 Å². The van der Waals surface area contributed by atoms with Crippen molar-refractivity contribution in [3.8, 4) is 0 Å². The van der Waals surface area contributed by atoms with Gasteiger partial charge in [0, 0.05) is 10.4 Å². The lowest BCUT2D eigenvalue weighted by atomic mass is 9.53. The molecule has 0 radical (unpaired) electrons. The summed E-state index contributed by atoms with van der Waals surface area (Å²) in [6.07, 6.45) is 7.80. The van der Waals surface area contributed by atoms with Gasteiger partial charge in [-0.25, -0.2) is 8.42 Å². The molecule has 1 atom stereocenters. The predicted octanol–water partition coefficient (Wildman–Crippen LogP) is 3.17. The van der Waals surface area contributed by atoms with Crippen molar-refractivity contribution in [1.29, 1.82) is 0 Å². The number of carbonyl (C=O) groups is 2. The lowest BCUT2D eigenvalue weighted by molar-refractivity contribution is -0.124. The SMILES string of the molecule is C[C@@]1(NC(=O)c2ccccc2SCC(=O)NC23CC4CC(CC(C4)C2)C3)CCS(=O)(=O)C1. The van der Waals surface area contributed by atoms with Crippen LogP contribution in [0.4, 0.5) is 0 Å². The Kier molecular flexibility index (Phi) is 5.60. The Morgan fingerprint density at radius 1 is 1.03 bits per heavy atom. The largest absolute Gasteiger partial charge is 0.350 e. The van der Waals surface area contributed by atoms with Crippen molar-refractivity contribution in [3.63, 3.8) is 0 Å². The second kappa shape index (κ2) is 8.05. The smallest absolute Gasteiger partial charge is 0.252 e. The normalized spacial score (nSPS) is 36.7. The maximum Gasteiger partial charge on any atom is 0.252 e. The molecule has 174 valence electrons. The van der Waals surface area contributed by atoms with E-state index in [1.165, 1.54) is 31.0 Å². The van der Waals surface area contributed by atoms with E-state index in [9.17, 15) is 18.0 Å². The molecule has 8 heteroatoms. The molecule has 1 saturated heterocycles. The van der Waals surface area contributed by atoms with Crippen molar-refractivity contribution in [3.05, 3.63) is 29.8 Å². The summed E-state index contributed by atoms with van der Waals surface area (Å²) in [5, 5.41) is 6.32. The van der Waals surface area contributed by atoms with Crippen LogP contribution in [0.3, 0.4) is 0 Å². The van der Waals surface area contributed by atoms with Crippen LogP contribution in [0.2, 0.25) is 0 Å². The van der Waals surface area contributed by atoms with E-state index in [1.807, 2.05) is 12.1 Å². The number of thioether (sulfide) groups is 1. The highest BCUT2D eigenvalue weighted by molar-refractivity contribution is 8.00. The van der Waals surface area contributed by atoms with Gasteiger partial charge < -0.3 is 10.6 Å². The van der Waals surface area contributed by atoms with Gasteiger partial charge in [0.15, 0.2) is 9.84 Å². The van der Waals surface area contributed by atoms with Crippen LogP contribution in [0.15, 0.2) is 29.2 Å². The number of nitrogens with one attached hydrogen (secondary N) is 2. The van der Waals surface area contributed by atoms with Crippen molar-refractivity contribution in [2.75, 3.05) is 17.3 Å². The summed E-state index contributed by atoms with van der Waals surface area (Å²) in [6.45, 7) is 1.78. The molecule has 5 aliphatic rings. The average molecular weight is 477 g/mol. The fourth-order valence-corrected chi connectivity index (χ4v) is 9.91. The highest BCUT2D eigenvalue weighted by Gasteiger charge is 2.51. The minimum absolute atomic E-state index is 0.00809. The Morgan fingerprint density at radius 2 is 1.66 bits per heavy atom. The van der Waals surface area contributed by atoms with Gasteiger partial charge >= 0.3 is 0 Å². The molecule has 2 N–H and O–H groups in total. The van der Waals surface area contributed by atoms with Gasteiger partial charge in [0.05, 0.1) is 28.4 Å². The van der Waals surface area contributed by atoms with Crippen LogP contribution < -0.4 is 10.6 Å². The average Bonchev–Trinajstić information content (AvgIpc) is 2.97. The highest BCUT2D eigenvalue weighted by Crippen LogP contribution is 2.55. The number of amides is 2. The van der Waals surface area contributed by atoms with Crippen LogP contribution in [0, 0.1) is 17.8 Å². The van der Waals surface area contributed by atoms with Crippen LogP contribution in [0.5, 0.6) is 0 Å². The van der Waals surface area contributed by atoms with Gasteiger partial charge in [0.25, 0.3) is 5.91 Å². The molecule has 1 aliphatic heterocycles. The van der Waals surface area contributed by atoms with Gasteiger partial charge in [-0.05, 0) is 81.8 Å². The van der Waals surface area contributed by atoms with Gasteiger partial charge in [-0.15, -0.1) is 11.8 Å². The van der Waals surface area contributed by atoms with Crippen molar-refractivity contribution in [2.45, 2.75) is 67.8 Å². The predicted molar refractivity (Wildman–Crippen MR) is 125 cm³/mol.